The van der Waals surface area contributed by atoms with E-state index in [9.17, 15) is 14.4 Å². The Balaban J connectivity index is 1.60. The van der Waals surface area contributed by atoms with Crippen molar-refractivity contribution in [2.45, 2.75) is 91.2 Å². The van der Waals surface area contributed by atoms with Crippen molar-refractivity contribution in [3.8, 4) is 0 Å². The van der Waals surface area contributed by atoms with Crippen LogP contribution in [0.3, 0.4) is 0 Å². The van der Waals surface area contributed by atoms with Gasteiger partial charge in [-0.3, -0.25) is 9.59 Å². The summed E-state index contributed by atoms with van der Waals surface area (Å²) in [6.45, 7) is 7.64. The van der Waals surface area contributed by atoms with Crippen LogP contribution in [0.1, 0.15) is 66.2 Å². The van der Waals surface area contributed by atoms with Crippen molar-refractivity contribution in [2.24, 2.45) is 17.3 Å². The summed E-state index contributed by atoms with van der Waals surface area (Å²) in [5.74, 6) is -2.39. The number of hydrogen-bond acceptors (Lipinski definition) is 8. The van der Waals surface area contributed by atoms with Crippen LogP contribution in [0.5, 0.6) is 0 Å². The topological polar surface area (TPSA) is 97.4 Å². The van der Waals surface area contributed by atoms with Crippen molar-refractivity contribution in [1.29, 1.82) is 0 Å². The Hall–Kier alpha value is -2.19. The summed E-state index contributed by atoms with van der Waals surface area (Å²) in [4.78, 5) is 36.5. The number of esters is 3. The van der Waals surface area contributed by atoms with Crippen molar-refractivity contribution >= 4 is 17.9 Å². The summed E-state index contributed by atoms with van der Waals surface area (Å²) < 4.78 is 27.9. The van der Waals surface area contributed by atoms with Gasteiger partial charge in [0.1, 0.15) is 0 Å². The third-order valence-electron chi connectivity index (χ3n) is 6.58. The minimum absolute atomic E-state index is 0.232. The van der Waals surface area contributed by atoms with Crippen LogP contribution in [0.2, 0.25) is 0 Å². The van der Waals surface area contributed by atoms with E-state index in [1.54, 1.807) is 0 Å². The van der Waals surface area contributed by atoms with Gasteiger partial charge in [0.15, 0.2) is 12.4 Å². The van der Waals surface area contributed by atoms with Crippen LogP contribution in [-0.4, -0.2) is 42.9 Å². The first-order chi connectivity index (χ1) is 15.2. The van der Waals surface area contributed by atoms with E-state index in [1.165, 1.54) is 18.9 Å². The second-order valence-corrected chi connectivity index (χ2v) is 9.84. The summed E-state index contributed by atoms with van der Waals surface area (Å²) in [6.07, 6.45) is 5.42. The summed E-state index contributed by atoms with van der Waals surface area (Å²) in [5, 5.41) is 0. The molecule has 0 aromatic heterocycles. The maximum Gasteiger partial charge on any atom is 0.336 e. The molecule has 3 saturated heterocycles. The summed E-state index contributed by atoms with van der Waals surface area (Å²) in [6, 6.07) is 0. The Morgan fingerprint density at radius 1 is 1.16 bits per heavy atom. The predicted octanol–water partition coefficient (Wildman–Crippen LogP) is 3.54. The predicted molar refractivity (Wildman–Crippen MR) is 112 cm³/mol. The highest BCUT2D eigenvalue weighted by atomic mass is 16.8. The molecule has 3 heterocycles. The van der Waals surface area contributed by atoms with Gasteiger partial charge in [-0.1, -0.05) is 38.5 Å². The number of allylic oxidation sites excluding steroid dienone is 3. The number of carbonyl (C=O) groups is 3. The first kappa shape index (κ1) is 23.0. The van der Waals surface area contributed by atoms with E-state index in [4.69, 9.17) is 23.7 Å². The van der Waals surface area contributed by atoms with E-state index in [0.29, 0.717) is 12.0 Å². The molecule has 4 rings (SSSR count). The molecule has 1 aliphatic carbocycles. The van der Waals surface area contributed by atoms with Gasteiger partial charge >= 0.3 is 17.9 Å². The lowest BCUT2D eigenvalue weighted by molar-refractivity contribution is -0.244. The molecule has 32 heavy (non-hydrogen) atoms. The molecule has 1 saturated carbocycles. The Kier molecular flexibility index (Phi) is 6.45. The van der Waals surface area contributed by atoms with E-state index in [1.807, 2.05) is 19.1 Å². The molecule has 0 radical (unpaired) electrons. The van der Waals surface area contributed by atoms with Crippen LogP contribution in [0, 0.1) is 17.3 Å². The van der Waals surface area contributed by atoms with Crippen molar-refractivity contribution < 1.29 is 38.1 Å². The highest BCUT2D eigenvalue weighted by Crippen LogP contribution is 2.51. The number of rotatable bonds is 5. The molecule has 176 valence electrons. The number of ether oxygens (including phenoxy) is 5. The largest absolute Gasteiger partial charge is 0.455 e. The first-order valence-corrected chi connectivity index (χ1v) is 11.5. The molecule has 0 spiro atoms. The van der Waals surface area contributed by atoms with Gasteiger partial charge in [-0.15, -0.1) is 0 Å². The third-order valence-corrected chi connectivity index (χ3v) is 6.58. The molecule has 0 amide bonds. The van der Waals surface area contributed by atoms with E-state index in [0.717, 1.165) is 19.3 Å². The molecule has 0 unspecified atom stereocenters. The van der Waals surface area contributed by atoms with Crippen molar-refractivity contribution in [1.82, 2.24) is 0 Å². The summed E-state index contributed by atoms with van der Waals surface area (Å²) in [5.41, 5.74) is 2.02. The fraction of sp³-hybridized carbons (Fsp3) is 0.708. The van der Waals surface area contributed by atoms with Gasteiger partial charge in [-0.2, -0.15) is 0 Å². The molecular weight excluding hydrogens is 416 g/mol. The van der Waals surface area contributed by atoms with Gasteiger partial charge in [0.05, 0.1) is 11.8 Å². The van der Waals surface area contributed by atoms with Crippen LogP contribution in [0.15, 0.2) is 23.3 Å². The van der Waals surface area contributed by atoms with Gasteiger partial charge < -0.3 is 23.7 Å². The third kappa shape index (κ3) is 4.62. The van der Waals surface area contributed by atoms with Crippen LogP contribution in [0.25, 0.3) is 0 Å². The van der Waals surface area contributed by atoms with Gasteiger partial charge in [0.25, 0.3) is 0 Å². The average molecular weight is 449 g/mol. The van der Waals surface area contributed by atoms with Crippen LogP contribution < -0.4 is 0 Å². The zero-order valence-electron chi connectivity index (χ0n) is 19.1. The molecule has 0 N–H and O–H groups in total. The van der Waals surface area contributed by atoms with Gasteiger partial charge in [-0.25, -0.2) is 4.79 Å². The maximum absolute atomic E-state index is 12.6. The monoisotopic (exact) mass is 448 g/mol. The fourth-order valence-electron chi connectivity index (χ4n) is 5.22. The van der Waals surface area contributed by atoms with E-state index in [-0.39, 0.29) is 11.8 Å². The average Bonchev–Trinajstić information content (AvgIpc) is 3.27. The second kappa shape index (κ2) is 8.98. The molecule has 0 aromatic rings. The highest BCUT2D eigenvalue weighted by molar-refractivity contribution is 5.92. The second-order valence-electron chi connectivity index (χ2n) is 9.84. The first-order valence-electron chi connectivity index (χ1n) is 11.5. The van der Waals surface area contributed by atoms with E-state index < -0.39 is 54.7 Å². The Labute approximate surface area is 188 Å². The lowest BCUT2D eigenvalue weighted by atomic mass is 9.75. The molecule has 6 atom stereocenters. The summed E-state index contributed by atoms with van der Waals surface area (Å²) in [7, 11) is 0. The molecule has 0 bridgehead atoms. The molecule has 3 aliphatic heterocycles. The molecule has 4 aliphatic rings. The normalized spacial score (nSPS) is 37.8. The molecule has 4 fully saturated rings. The van der Waals surface area contributed by atoms with Crippen LogP contribution in [0.4, 0.5) is 0 Å². The minimum Gasteiger partial charge on any atom is -0.455 e. The van der Waals surface area contributed by atoms with Crippen LogP contribution in [-0.2, 0) is 38.1 Å². The zero-order chi connectivity index (χ0) is 23.0. The molecule has 8 nitrogen and oxygen atoms in total. The van der Waals surface area contributed by atoms with Crippen molar-refractivity contribution in [3.05, 3.63) is 23.3 Å². The van der Waals surface area contributed by atoms with E-state index in [2.05, 4.69) is 13.8 Å². The number of fused-ring (bicyclic) bond motifs is 3. The van der Waals surface area contributed by atoms with Crippen LogP contribution >= 0.6 is 0 Å². The Morgan fingerprint density at radius 3 is 2.62 bits per heavy atom. The SMILES string of the molecule is CCCC(=O)O[C@@H]1[C@@H](OC(C)=O)O[C@H]2O[C@H]3OC(=O)/C(=C\C=C4/CCCC(C)(C)C4)[C@H]3[C@H]21. The smallest absolute Gasteiger partial charge is 0.336 e. The molecule has 8 heteroatoms. The standard InChI is InChI=1S/C24H32O8/c1-5-7-16(26)29-19-18-17-15(10-9-14-8-6-11-24(3,4)12-14)20(27)30-21(17)31-22(18)32-23(19)28-13(2)25/h9-10,17-19,21-23H,5-8,11-12H2,1-4H3/b14-9+,15-10-/t17-,18-,19-,21+,22+,23-/m0/s1. The minimum atomic E-state index is -1.08. The van der Waals surface area contributed by atoms with Gasteiger partial charge in [0, 0.05) is 18.9 Å². The number of hydrogen-bond donors (Lipinski definition) is 0. The Bertz CT molecular complexity index is 841. The number of carbonyl (C=O) groups excluding carboxylic acids is 3. The van der Waals surface area contributed by atoms with Gasteiger partial charge in [0.2, 0.25) is 12.6 Å². The molecular formula is C24H32O8. The van der Waals surface area contributed by atoms with E-state index >= 15 is 0 Å². The quantitative estimate of drug-likeness (QED) is 0.358. The highest BCUT2D eigenvalue weighted by Gasteiger charge is 2.64. The lowest BCUT2D eigenvalue weighted by Crippen LogP contribution is -2.38. The summed E-state index contributed by atoms with van der Waals surface area (Å²) >= 11 is 0. The maximum atomic E-state index is 12.6. The fourth-order valence-corrected chi connectivity index (χ4v) is 5.22. The van der Waals surface area contributed by atoms with Crippen molar-refractivity contribution in [3.63, 3.8) is 0 Å². The van der Waals surface area contributed by atoms with Gasteiger partial charge in [-0.05, 0) is 37.5 Å². The zero-order valence-corrected chi connectivity index (χ0v) is 19.1. The lowest BCUT2D eigenvalue weighted by Gasteiger charge is -2.31. The van der Waals surface area contributed by atoms with Crippen molar-refractivity contribution in [2.75, 3.05) is 0 Å². The Morgan fingerprint density at radius 2 is 1.94 bits per heavy atom. The molecule has 0 aromatic carbocycles.